The van der Waals surface area contributed by atoms with E-state index in [-0.39, 0.29) is 37.9 Å². The number of rotatable bonds is 4. The molecule has 2 bridgehead atoms. The Hall–Kier alpha value is -2.39. The Kier molecular flexibility index (Phi) is 4.86. The van der Waals surface area contributed by atoms with Crippen LogP contribution >= 0.6 is 0 Å². The molecule has 3 amide bonds. The van der Waals surface area contributed by atoms with Crippen LogP contribution < -0.4 is 16.0 Å². The number of alkyl halides is 2. The molecular weight excluding hydrogens is 406 g/mol. The van der Waals surface area contributed by atoms with Gasteiger partial charge in [0.15, 0.2) is 0 Å². The van der Waals surface area contributed by atoms with Gasteiger partial charge in [-0.3, -0.25) is 19.7 Å². The van der Waals surface area contributed by atoms with Crippen molar-refractivity contribution >= 4 is 17.7 Å². The van der Waals surface area contributed by atoms with E-state index in [0.717, 1.165) is 12.0 Å². The minimum Gasteiger partial charge on any atom is -0.322 e. The Balaban J connectivity index is 1.37. The Morgan fingerprint density at radius 1 is 1.19 bits per heavy atom. The molecule has 31 heavy (non-hydrogen) atoms. The fraction of sp³-hybridized carbons (Fsp3) is 0.591. The highest BCUT2D eigenvalue weighted by Gasteiger charge is 2.61. The van der Waals surface area contributed by atoms with Crippen LogP contribution in [0.5, 0.6) is 0 Å². The maximum atomic E-state index is 15.2. The molecular formula is C22H26F2N4O3. The van der Waals surface area contributed by atoms with Gasteiger partial charge in [0.1, 0.15) is 6.04 Å². The van der Waals surface area contributed by atoms with Crippen LogP contribution in [0.2, 0.25) is 0 Å². The predicted molar refractivity (Wildman–Crippen MR) is 107 cm³/mol. The van der Waals surface area contributed by atoms with Crippen molar-refractivity contribution in [3.05, 3.63) is 34.9 Å². The number of carbonyl (C=O) groups excluding carboxylic acids is 3. The first-order valence-electron chi connectivity index (χ1n) is 10.9. The first-order chi connectivity index (χ1) is 14.8. The van der Waals surface area contributed by atoms with E-state index in [1.54, 1.807) is 6.07 Å². The lowest BCUT2D eigenvalue weighted by Crippen LogP contribution is -2.72. The summed E-state index contributed by atoms with van der Waals surface area (Å²) < 4.78 is 30.3. The monoisotopic (exact) mass is 432 g/mol. The van der Waals surface area contributed by atoms with Crippen LogP contribution in [0, 0.1) is 5.92 Å². The van der Waals surface area contributed by atoms with Gasteiger partial charge in [-0.2, -0.15) is 0 Å². The number of amides is 3. The third kappa shape index (κ3) is 3.17. The molecule has 3 heterocycles. The lowest BCUT2D eigenvalue weighted by Gasteiger charge is -2.52. The second-order valence-electron chi connectivity index (χ2n) is 9.13. The van der Waals surface area contributed by atoms with E-state index in [0.29, 0.717) is 36.9 Å². The van der Waals surface area contributed by atoms with Gasteiger partial charge in [-0.15, -0.1) is 0 Å². The summed E-state index contributed by atoms with van der Waals surface area (Å²) >= 11 is 0. The Bertz CT molecular complexity index is 941. The van der Waals surface area contributed by atoms with E-state index >= 15 is 8.78 Å². The molecule has 1 saturated carbocycles. The summed E-state index contributed by atoms with van der Waals surface area (Å²) in [5.41, 5.74) is 0.606. The van der Waals surface area contributed by atoms with Crippen molar-refractivity contribution in [2.45, 2.75) is 62.7 Å². The SMILES string of the molecule is O=C1CCC(N2Cc3cccc(CNC45CCCC(CNC4)C5(F)F)c3C2=O)C(=O)N1. The van der Waals surface area contributed by atoms with Gasteiger partial charge < -0.3 is 15.5 Å². The van der Waals surface area contributed by atoms with E-state index in [1.807, 2.05) is 12.1 Å². The zero-order valence-electron chi connectivity index (χ0n) is 17.2. The minimum atomic E-state index is -2.81. The Morgan fingerprint density at radius 2 is 2.03 bits per heavy atom. The highest BCUT2D eigenvalue weighted by Crippen LogP contribution is 2.47. The summed E-state index contributed by atoms with van der Waals surface area (Å²) in [6, 6.07) is 4.73. The number of imide groups is 1. The van der Waals surface area contributed by atoms with Crippen molar-refractivity contribution in [2.75, 3.05) is 13.1 Å². The van der Waals surface area contributed by atoms with E-state index in [2.05, 4.69) is 16.0 Å². The molecule has 7 nitrogen and oxygen atoms in total. The van der Waals surface area contributed by atoms with Gasteiger partial charge in [-0.05, 0) is 30.4 Å². The largest absolute Gasteiger partial charge is 0.322 e. The summed E-state index contributed by atoms with van der Waals surface area (Å²) in [4.78, 5) is 38.4. The quantitative estimate of drug-likeness (QED) is 0.625. The zero-order valence-corrected chi connectivity index (χ0v) is 17.2. The fourth-order valence-electron chi connectivity index (χ4n) is 5.66. The number of fused-ring (bicyclic) bond motifs is 3. The molecule has 3 aliphatic heterocycles. The average molecular weight is 432 g/mol. The van der Waals surface area contributed by atoms with Crippen LogP contribution in [0.1, 0.15) is 53.6 Å². The van der Waals surface area contributed by atoms with Crippen LogP contribution in [0.3, 0.4) is 0 Å². The molecule has 3 unspecified atom stereocenters. The van der Waals surface area contributed by atoms with Gasteiger partial charge >= 0.3 is 0 Å². The van der Waals surface area contributed by atoms with Gasteiger partial charge in [0.25, 0.3) is 11.8 Å². The molecule has 0 radical (unpaired) electrons. The highest BCUT2D eigenvalue weighted by atomic mass is 19.3. The molecule has 1 aliphatic carbocycles. The molecule has 0 spiro atoms. The molecule has 166 valence electrons. The number of piperidine rings is 2. The number of carbonyl (C=O) groups is 3. The van der Waals surface area contributed by atoms with Crippen LogP contribution in [-0.2, 0) is 22.7 Å². The molecule has 2 saturated heterocycles. The zero-order chi connectivity index (χ0) is 21.8. The van der Waals surface area contributed by atoms with Gasteiger partial charge in [0, 0.05) is 44.1 Å². The lowest BCUT2D eigenvalue weighted by atomic mass is 9.69. The summed E-state index contributed by atoms with van der Waals surface area (Å²) in [7, 11) is 0. The number of hydrogen-bond acceptors (Lipinski definition) is 5. The van der Waals surface area contributed by atoms with Crippen molar-refractivity contribution in [3.8, 4) is 0 Å². The average Bonchev–Trinajstić information content (AvgIpc) is 3.04. The maximum Gasteiger partial charge on any atom is 0.271 e. The standard InChI is InChI=1S/C22H26F2N4O3/c23-22(24)15-5-2-8-21(22,12-25-10-15)26-9-13-3-1-4-14-11-28(20(31)18(13)14)16-6-7-17(29)27-19(16)30/h1,3-4,15-16,25-26H,2,5-12H2,(H,27,29,30). The Labute approximate surface area is 178 Å². The first kappa shape index (κ1) is 20.5. The van der Waals surface area contributed by atoms with E-state index in [9.17, 15) is 14.4 Å². The molecule has 1 aromatic rings. The van der Waals surface area contributed by atoms with Gasteiger partial charge in [0.05, 0.1) is 5.54 Å². The summed E-state index contributed by atoms with van der Waals surface area (Å²) in [6.07, 6.45) is 2.14. The van der Waals surface area contributed by atoms with E-state index in [1.165, 1.54) is 4.90 Å². The fourth-order valence-corrected chi connectivity index (χ4v) is 5.66. The summed E-state index contributed by atoms with van der Waals surface area (Å²) in [6.45, 7) is 0.958. The van der Waals surface area contributed by atoms with Crippen LogP contribution in [0.4, 0.5) is 8.78 Å². The molecule has 1 aromatic carbocycles. The number of nitrogens with one attached hydrogen (secondary N) is 3. The number of halogens is 2. The molecule has 3 N–H and O–H groups in total. The predicted octanol–water partition coefficient (Wildman–Crippen LogP) is 1.31. The van der Waals surface area contributed by atoms with Crippen molar-refractivity contribution in [2.24, 2.45) is 5.92 Å². The van der Waals surface area contributed by atoms with Gasteiger partial charge in [0.2, 0.25) is 11.8 Å². The molecule has 9 heteroatoms. The van der Waals surface area contributed by atoms with Gasteiger partial charge in [-0.1, -0.05) is 24.6 Å². The van der Waals surface area contributed by atoms with E-state index < -0.39 is 29.3 Å². The maximum absolute atomic E-state index is 15.2. The number of nitrogens with zero attached hydrogens (tertiary/aromatic N) is 1. The van der Waals surface area contributed by atoms with Gasteiger partial charge in [-0.25, -0.2) is 8.78 Å². The van der Waals surface area contributed by atoms with Crippen LogP contribution in [0.25, 0.3) is 0 Å². The molecule has 0 aromatic heterocycles. The summed E-state index contributed by atoms with van der Waals surface area (Å²) in [5.74, 6) is -4.56. The molecule has 3 fully saturated rings. The van der Waals surface area contributed by atoms with Crippen LogP contribution in [0.15, 0.2) is 18.2 Å². The molecule has 5 rings (SSSR count). The number of benzene rings is 1. The van der Waals surface area contributed by atoms with Crippen molar-refractivity contribution in [1.29, 1.82) is 0 Å². The second kappa shape index (κ2) is 7.34. The normalized spacial score (nSPS) is 32.1. The lowest BCUT2D eigenvalue weighted by molar-refractivity contribution is -0.172. The minimum absolute atomic E-state index is 0.155. The van der Waals surface area contributed by atoms with Crippen molar-refractivity contribution in [1.82, 2.24) is 20.9 Å². The topological polar surface area (TPSA) is 90.5 Å². The van der Waals surface area contributed by atoms with Crippen LogP contribution in [-0.4, -0.2) is 53.2 Å². The third-order valence-electron chi connectivity index (χ3n) is 7.38. The first-order valence-corrected chi connectivity index (χ1v) is 10.9. The van der Waals surface area contributed by atoms with Crippen molar-refractivity contribution in [3.63, 3.8) is 0 Å². The number of hydrogen-bond donors (Lipinski definition) is 3. The summed E-state index contributed by atoms with van der Waals surface area (Å²) in [5, 5.41) is 8.57. The third-order valence-corrected chi connectivity index (χ3v) is 7.38. The Morgan fingerprint density at radius 3 is 2.84 bits per heavy atom. The highest BCUT2D eigenvalue weighted by molar-refractivity contribution is 6.06. The molecule has 4 aliphatic rings. The van der Waals surface area contributed by atoms with Crippen molar-refractivity contribution < 1.29 is 23.2 Å². The van der Waals surface area contributed by atoms with E-state index in [4.69, 9.17) is 0 Å². The second-order valence-corrected chi connectivity index (χ2v) is 9.13. The smallest absolute Gasteiger partial charge is 0.271 e. The molecule has 3 atom stereocenters.